The van der Waals surface area contributed by atoms with Crippen molar-refractivity contribution in [2.24, 2.45) is 0 Å². The molecule has 0 bridgehead atoms. The Hall–Kier alpha value is -0.280. The number of hydrogen-bond acceptors (Lipinski definition) is 5. The first-order chi connectivity index (χ1) is 5.16. The zero-order valence-corrected chi connectivity index (χ0v) is 6.79. The topological polar surface area (TPSA) is 153 Å². The van der Waals surface area contributed by atoms with E-state index in [1.54, 1.807) is 0 Å². The lowest BCUT2D eigenvalue weighted by Gasteiger charge is -2.33. The average Bonchev–Trinajstić information content (AvgIpc) is 2.01. The molecule has 4 atom stereocenters. The normalized spacial score (nSPS) is 38.8. The lowest BCUT2D eigenvalue weighted by Crippen LogP contribution is -2.52. The zero-order valence-electron chi connectivity index (χ0n) is 6.79. The van der Waals surface area contributed by atoms with Gasteiger partial charge < -0.3 is 36.1 Å². The molecule has 81 valence electrons. The van der Waals surface area contributed by atoms with E-state index < -0.39 is 24.4 Å². The molecule has 1 aliphatic heterocycles. The standard InChI is InChI=1S/C6H11O5.2H2O/c7-1-4-6(10)5(9)3(8)2-11-4;;/h2-10H,1H2;2*1H2/t3-,4+,5+,6+;;/m0../s1. The maximum Gasteiger partial charge on any atom is 0.115 e. The second kappa shape index (κ2) is 6.22. The van der Waals surface area contributed by atoms with E-state index in [4.69, 9.17) is 20.4 Å². The molecule has 0 spiro atoms. The van der Waals surface area contributed by atoms with Crippen LogP contribution in [0.2, 0.25) is 0 Å². The average molecular weight is 199 g/mol. The van der Waals surface area contributed by atoms with E-state index in [1.165, 1.54) is 0 Å². The van der Waals surface area contributed by atoms with Gasteiger partial charge in [0.05, 0.1) is 6.61 Å². The predicted molar refractivity (Wildman–Crippen MR) is 41.5 cm³/mol. The second-order valence-electron chi connectivity index (χ2n) is 2.46. The highest BCUT2D eigenvalue weighted by molar-refractivity contribution is 4.91. The quantitative estimate of drug-likeness (QED) is 0.338. The van der Waals surface area contributed by atoms with Crippen molar-refractivity contribution < 1.29 is 36.1 Å². The van der Waals surface area contributed by atoms with Crippen LogP contribution in [0.4, 0.5) is 0 Å². The van der Waals surface area contributed by atoms with Gasteiger partial charge in [-0.3, -0.25) is 0 Å². The molecule has 7 nitrogen and oxygen atoms in total. The molecular weight excluding hydrogens is 184 g/mol. The maximum atomic E-state index is 9.09. The van der Waals surface area contributed by atoms with Crippen molar-refractivity contribution in [1.82, 2.24) is 0 Å². The summed E-state index contributed by atoms with van der Waals surface area (Å²) < 4.78 is 4.69. The monoisotopic (exact) mass is 199 g/mol. The molecule has 1 heterocycles. The van der Waals surface area contributed by atoms with Gasteiger partial charge in [0.2, 0.25) is 0 Å². The van der Waals surface area contributed by atoms with Crippen molar-refractivity contribution in [2.75, 3.05) is 6.61 Å². The fraction of sp³-hybridized carbons (Fsp3) is 0.833. The third-order valence-electron chi connectivity index (χ3n) is 1.65. The number of ether oxygens (including phenoxy) is 1. The van der Waals surface area contributed by atoms with E-state index in [0.717, 1.165) is 6.61 Å². The van der Waals surface area contributed by atoms with Gasteiger partial charge in [0.1, 0.15) is 31.0 Å². The van der Waals surface area contributed by atoms with Crippen LogP contribution in [0, 0.1) is 6.61 Å². The van der Waals surface area contributed by atoms with Gasteiger partial charge in [-0.15, -0.1) is 0 Å². The van der Waals surface area contributed by atoms with Crippen molar-refractivity contribution in [1.29, 1.82) is 0 Å². The lowest BCUT2D eigenvalue weighted by atomic mass is 10.0. The number of hydrogen-bond donors (Lipinski definition) is 4. The van der Waals surface area contributed by atoms with Crippen LogP contribution in [0.15, 0.2) is 0 Å². The van der Waals surface area contributed by atoms with Crippen molar-refractivity contribution in [3.63, 3.8) is 0 Å². The Kier molecular flexibility index (Phi) is 7.27. The molecule has 0 unspecified atom stereocenters. The Balaban J connectivity index is 0. The summed E-state index contributed by atoms with van der Waals surface area (Å²) >= 11 is 0. The third-order valence-corrected chi connectivity index (χ3v) is 1.65. The molecule has 1 rings (SSSR count). The summed E-state index contributed by atoms with van der Waals surface area (Å²) in [4.78, 5) is 0. The van der Waals surface area contributed by atoms with Crippen LogP contribution >= 0.6 is 0 Å². The minimum absolute atomic E-state index is 0. The van der Waals surface area contributed by atoms with E-state index in [-0.39, 0.29) is 17.6 Å². The van der Waals surface area contributed by atoms with Crippen LogP contribution in [-0.4, -0.2) is 62.4 Å². The first-order valence-corrected chi connectivity index (χ1v) is 3.30. The molecule has 0 amide bonds. The van der Waals surface area contributed by atoms with Gasteiger partial charge in [0, 0.05) is 0 Å². The fourth-order valence-electron chi connectivity index (χ4n) is 0.915. The van der Waals surface area contributed by atoms with Crippen LogP contribution in [0.5, 0.6) is 0 Å². The molecule has 1 radical (unpaired) electrons. The summed E-state index contributed by atoms with van der Waals surface area (Å²) in [5, 5.41) is 35.6. The highest BCUT2D eigenvalue weighted by Crippen LogP contribution is 2.17. The Labute approximate surface area is 74.8 Å². The highest BCUT2D eigenvalue weighted by atomic mass is 16.5. The molecule has 1 fully saturated rings. The molecule has 0 aromatic carbocycles. The number of rotatable bonds is 1. The Bertz CT molecular complexity index is 128. The van der Waals surface area contributed by atoms with Gasteiger partial charge in [-0.25, -0.2) is 0 Å². The van der Waals surface area contributed by atoms with Gasteiger partial charge in [-0.1, -0.05) is 0 Å². The van der Waals surface area contributed by atoms with Crippen LogP contribution in [0.25, 0.3) is 0 Å². The molecule has 1 aliphatic rings. The van der Waals surface area contributed by atoms with Crippen molar-refractivity contribution >= 4 is 0 Å². The summed E-state index contributed by atoms with van der Waals surface area (Å²) in [5.74, 6) is 0. The van der Waals surface area contributed by atoms with E-state index in [9.17, 15) is 0 Å². The van der Waals surface area contributed by atoms with Crippen LogP contribution in [0.1, 0.15) is 0 Å². The van der Waals surface area contributed by atoms with Crippen LogP contribution in [0.3, 0.4) is 0 Å². The molecular formula is C6H15O7. The molecule has 7 heteroatoms. The van der Waals surface area contributed by atoms with Gasteiger partial charge in [-0.2, -0.15) is 0 Å². The van der Waals surface area contributed by atoms with Gasteiger partial charge in [-0.05, 0) is 0 Å². The first kappa shape index (κ1) is 15.2. The summed E-state index contributed by atoms with van der Waals surface area (Å²) in [6.45, 7) is 0.611. The first-order valence-electron chi connectivity index (χ1n) is 3.30. The minimum atomic E-state index is -1.28. The van der Waals surface area contributed by atoms with E-state index >= 15 is 0 Å². The van der Waals surface area contributed by atoms with E-state index in [2.05, 4.69) is 4.74 Å². The van der Waals surface area contributed by atoms with Crippen LogP contribution < -0.4 is 0 Å². The highest BCUT2D eigenvalue weighted by Gasteiger charge is 2.37. The van der Waals surface area contributed by atoms with Crippen molar-refractivity contribution in [3.8, 4) is 0 Å². The van der Waals surface area contributed by atoms with Gasteiger partial charge in [0.15, 0.2) is 0 Å². The van der Waals surface area contributed by atoms with Crippen molar-refractivity contribution in [2.45, 2.75) is 24.4 Å². The third kappa shape index (κ3) is 3.16. The smallest absolute Gasteiger partial charge is 0.115 e. The minimum Gasteiger partial charge on any atom is -0.412 e. The van der Waals surface area contributed by atoms with Crippen molar-refractivity contribution in [3.05, 3.63) is 6.61 Å². The Morgan fingerprint density at radius 2 is 1.62 bits per heavy atom. The molecule has 0 aromatic heterocycles. The summed E-state index contributed by atoms with van der Waals surface area (Å²) in [6.07, 6.45) is -4.54. The SMILES string of the molecule is O.O.OC[C@H]1O[CH][C@H](O)[C@@H](O)[C@@H]1O. The van der Waals surface area contributed by atoms with E-state index in [0.29, 0.717) is 0 Å². The number of aliphatic hydroxyl groups is 4. The van der Waals surface area contributed by atoms with Gasteiger partial charge >= 0.3 is 0 Å². The molecule has 0 aliphatic carbocycles. The summed E-state index contributed by atoms with van der Waals surface area (Å²) in [6, 6.07) is 0. The molecule has 1 saturated heterocycles. The Morgan fingerprint density at radius 1 is 1.08 bits per heavy atom. The van der Waals surface area contributed by atoms with Crippen LogP contribution in [-0.2, 0) is 4.74 Å². The van der Waals surface area contributed by atoms with E-state index in [1.807, 2.05) is 0 Å². The fourth-order valence-corrected chi connectivity index (χ4v) is 0.915. The molecule has 0 aromatic rings. The molecule has 8 N–H and O–H groups in total. The zero-order chi connectivity index (χ0) is 8.43. The lowest BCUT2D eigenvalue weighted by molar-refractivity contribution is -0.169. The molecule has 0 saturated carbocycles. The second-order valence-corrected chi connectivity index (χ2v) is 2.46. The Morgan fingerprint density at radius 3 is 2.08 bits per heavy atom. The number of aliphatic hydroxyl groups excluding tert-OH is 4. The molecule has 13 heavy (non-hydrogen) atoms. The van der Waals surface area contributed by atoms with Gasteiger partial charge in [0.25, 0.3) is 0 Å². The maximum absolute atomic E-state index is 9.09. The summed E-state index contributed by atoms with van der Waals surface area (Å²) in [7, 11) is 0. The summed E-state index contributed by atoms with van der Waals surface area (Å²) in [5.41, 5.74) is 0. The predicted octanol–water partition coefficient (Wildman–Crippen LogP) is -4.03. The largest absolute Gasteiger partial charge is 0.412 e.